The van der Waals surface area contributed by atoms with Crippen molar-refractivity contribution in [2.45, 2.75) is 19.8 Å². The maximum atomic E-state index is 10.8. The van der Waals surface area contributed by atoms with Gasteiger partial charge in [0.1, 0.15) is 0 Å². The first kappa shape index (κ1) is 6.59. The normalized spacial score (nSPS) is 18.8. The third-order valence-corrected chi connectivity index (χ3v) is 1.52. The van der Waals surface area contributed by atoms with Crippen molar-refractivity contribution >= 4 is 5.97 Å². The maximum absolute atomic E-state index is 10.8. The summed E-state index contributed by atoms with van der Waals surface area (Å²) in [5, 5.41) is 0. The highest BCUT2D eigenvalue weighted by molar-refractivity contribution is 5.73. The Hall–Kier alpha value is -0.530. The van der Waals surface area contributed by atoms with Gasteiger partial charge in [0.15, 0.2) is 0 Å². The van der Waals surface area contributed by atoms with E-state index in [0.717, 1.165) is 12.8 Å². The summed E-state index contributed by atoms with van der Waals surface area (Å²) < 4.78 is 4.79. The van der Waals surface area contributed by atoms with Gasteiger partial charge >= 0.3 is 5.97 Å². The Morgan fingerprint density at radius 2 is 2.44 bits per heavy atom. The van der Waals surface area contributed by atoms with E-state index in [2.05, 4.69) is 6.42 Å². The van der Waals surface area contributed by atoms with Crippen LogP contribution in [0.4, 0.5) is 0 Å². The minimum atomic E-state index is -0.0278. The van der Waals surface area contributed by atoms with E-state index in [1.54, 1.807) is 0 Å². The molecule has 0 heterocycles. The smallest absolute Gasteiger partial charge is 0.308 e. The van der Waals surface area contributed by atoms with Crippen molar-refractivity contribution in [2.24, 2.45) is 5.92 Å². The summed E-state index contributed by atoms with van der Waals surface area (Å²) >= 11 is 0. The SMILES string of the molecule is CCOC(=O)C1C[CH]C1. The van der Waals surface area contributed by atoms with Gasteiger partial charge in [-0.1, -0.05) is 0 Å². The van der Waals surface area contributed by atoms with Crippen molar-refractivity contribution < 1.29 is 9.53 Å². The van der Waals surface area contributed by atoms with E-state index in [0.29, 0.717) is 6.61 Å². The van der Waals surface area contributed by atoms with Crippen LogP contribution in [0.25, 0.3) is 0 Å². The van der Waals surface area contributed by atoms with Crippen LogP contribution in [0.3, 0.4) is 0 Å². The van der Waals surface area contributed by atoms with Crippen LogP contribution < -0.4 is 0 Å². The Kier molecular flexibility index (Phi) is 2.09. The zero-order valence-electron chi connectivity index (χ0n) is 5.59. The van der Waals surface area contributed by atoms with Gasteiger partial charge in [-0.2, -0.15) is 0 Å². The highest BCUT2D eigenvalue weighted by Crippen LogP contribution is 2.25. The minimum Gasteiger partial charge on any atom is -0.466 e. The molecule has 1 fully saturated rings. The van der Waals surface area contributed by atoms with E-state index in [-0.39, 0.29) is 11.9 Å². The molecule has 0 bridgehead atoms. The Bertz CT molecular complexity index is 105. The van der Waals surface area contributed by atoms with Crippen molar-refractivity contribution in [1.82, 2.24) is 0 Å². The average Bonchev–Trinajstić information content (AvgIpc) is 1.60. The van der Waals surface area contributed by atoms with E-state index in [1.807, 2.05) is 6.92 Å². The molecule has 1 aliphatic carbocycles. The second-order valence-corrected chi connectivity index (χ2v) is 2.21. The van der Waals surface area contributed by atoms with E-state index in [1.165, 1.54) is 0 Å². The summed E-state index contributed by atoms with van der Waals surface area (Å²) in [6.07, 6.45) is 3.93. The highest BCUT2D eigenvalue weighted by Gasteiger charge is 2.26. The van der Waals surface area contributed by atoms with Crippen LogP contribution >= 0.6 is 0 Å². The van der Waals surface area contributed by atoms with Crippen LogP contribution in [0.2, 0.25) is 0 Å². The number of ether oxygens (including phenoxy) is 1. The van der Waals surface area contributed by atoms with Gasteiger partial charge in [-0.3, -0.25) is 4.79 Å². The molecule has 0 unspecified atom stereocenters. The van der Waals surface area contributed by atoms with Gasteiger partial charge in [0.2, 0.25) is 0 Å². The second kappa shape index (κ2) is 2.85. The zero-order chi connectivity index (χ0) is 6.69. The lowest BCUT2D eigenvalue weighted by molar-refractivity contribution is -0.149. The van der Waals surface area contributed by atoms with Crippen LogP contribution in [-0.4, -0.2) is 12.6 Å². The van der Waals surface area contributed by atoms with Crippen molar-refractivity contribution in [3.8, 4) is 0 Å². The van der Waals surface area contributed by atoms with Crippen molar-refractivity contribution in [2.75, 3.05) is 6.61 Å². The van der Waals surface area contributed by atoms with Crippen LogP contribution in [0, 0.1) is 12.3 Å². The average molecular weight is 127 g/mol. The molecular weight excluding hydrogens is 116 g/mol. The van der Waals surface area contributed by atoms with Gasteiger partial charge in [0.25, 0.3) is 0 Å². The van der Waals surface area contributed by atoms with E-state index < -0.39 is 0 Å². The molecule has 51 valence electrons. The number of carbonyl (C=O) groups excluding carboxylic acids is 1. The van der Waals surface area contributed by atoms with Crippen molar-refractivity contribution in [3.63, 3.8) is 0 Å². The van der Waals surface area contributed by atoms with Crippen LogP contribution in [0.15, 0.2) is 0 Å². The number of hydrogen-bond donors (Lipinski definition) is 0. The fraction of sp³-hybridized carbons (Fsp3) is 0.714. The van der Waals surface area contributed by atoms with Gasteiger partial charge in [0.05, 0.1) is 12.5 Å². The lowest BCUT2D eigenvalue weighted by Gasteiger charge is -2.22. The monoisotopic (exact) mass is 127 g/mol. The molecule has 0 amide bonds. The summed E-state index contributed by atoms with van der Waals surface area (Å²) in [5.74, 6) is 0.157. The van der Waals surface area contributed by atoms with E-state index in [9.17, 15) is 4.79 Å². The number of esters is 1. The lowest BCUT2D eigenvalue weighted by atomic mass is 9.86. The summed E-state index contributed by atoms with van der Waals surface area (Å²) in [4.78, 5) is 10.8. The van der Waals surface area contributed by atoms with Gasteiger partial charge in [-0.15, -0.1) is 0 Å². The van der Waals surface area contributed by atoms with E-state index >= 15 is 0 Å². The lowest BCUT2D eigenvalue weighted by Crippen LogP contribution is -2.24. The molecule has 0 aromatic rings. The van der Waals surface area contributed by atoms with Gasteiger partial charge in [-0.05, 0) is 26.2 Å². The molecular formula is C7H11O2. The molecule has 1 aliphatic rings. The number of carbonyl (C=O) groups is 1. The molecule has 0 aromatic heterocycles. The third kappa shape index (κ3) is 1.44. The van der Waals surface area contributed by atoms with Gasteiger partial charge < -0.3 is 4.74 Å². The summed E-state index contributed by atoms with van der Waals surface area (Å²) in [6.45, 7) is 2.34. The fourth-order valence-corrected chi connectivity index (χ4v) is 0.786. The molecule has 2 nitrogen and oxygen atoms in total. The molecule has 0 aliphatic heterocycles. The molecule has 9 heavy (non-hydrogen) atoms. The Morgan fingerprint density at radius 1 is 1.78 bits per heavy atom. The Morgan fingerprint density at radius 3 is 2.78 bits per heavy atom. The predicted octanol–water partition coefficient (Wildman–Crippen LogP) is 1.16. The first-order valence-corrected chi connectivity index (χ1v) is 3.33. The van der Waals surface area contributed by atoms with Crippen LogP contribution in [-0.2, 0) is 9.53 Å². The van der Waals surface area contributed by atoms with E-state index in [4.69, 9.17) is 4.74 Å². The van der Waals surface area contributed by atoms with Gasteiger partial charge in [0, 0.05) is 0 Å². The number of hydrogen-bond acceptors (Lipinski definition) is 2. The zero-order valence-corrected chi connectivity index (χ0v) is 5.59. The predicted molar refractivity (Wildman–Crippen MR) is 33.7 cm³/mol. The maximum Gasteiger partial charge on any atom is 0.308 e. The molecule has 1 radical (unpaired) electrons. The molecule has 2 heteroatoms. The molecule has 0 atom stereocenters. The second-order valence-electron chi connectivity index (χ2n) is 2.21. The third-order valence-electron chi connectivity index (χ3n) is 1.52. The molecule has 1 saturated carbocycles. The fourth-order valence-electron chi connectivity index (χ4n) is 0.786. The minimum absolute atomic E-state index is 0.0278. The summed E-state index contributed by atoms with van der Waals surface area (Å²) in [7, 11) is 0. The summed E-state index contributed by atoms with van der Waals surface area (Å²) in [5.41, 5.74) is 0. The summed E-state index contributed by atoms with van der Waals surface area (Å²) in [6, 6.07) is 0. The van der Waals surface area contributed by atoms with Crippen LogP contribution in [0.5, 0.6) is 0 Å². The molecule has 0 aromatic carbocycles. The standard InChI is InChI=1S/C7H11O2/c1-2-9-7(8)6-4-3-5-6/h3,6H,2,4-5H2,1H3. The Balaban J connectivity index is 2.16. The first-order valence-electron chi connectivity index (χ1n) is 3.33. The van der Waals surface area contributed by atoms with Gasteiger partial charge in [-0.25, -0.2) is 0 Å². The first-order chi connectivity index (χ1) is 4.34. The quantitative estimate of drug-likeness (QED) is 0.520. The van der Waals surface area contributed by atoms with Crippen molar-refractivity contribution in [3.05, 3.63) is 6.42 Å². The topological polar surface area (TPSA) is 26.3 Å². The molecule has 0 N–H and O–H groups in total. The largest absolute Gasteiger partial charge is 0.466 e. The Labute approximate surface area is 55.2 Å². The van der Waals surface area contributed by atoms with Crippen LogP contribution in [0.1, 0.15) is 19.8 Å². The molecule has 0 spiro atoms. The molecule has 1 rings (SSSR count). The number of rotatable bonds is 2. The van der Waals surface area contributed by atoms with Crippen molar-refractivity contribution in [1.29, 1.82) is 0 Å². The molecule has 0 saturated heterocycles. The highest BCUT2D eigenvalue weighted by atomic mass is 16.5.